The van der Waals surface area contributed by atoms with Crippen molar-refractivity contribution in [1.29, 1.82) is 0 Å². The number of nitrogens with zero attached hydrogens (tertiary/aromatic N) is 1. The second-order valence-electron chi connectivity index (χ2n) is 7.97. The zero-order valence-corrected chi connectivity index (χ0v) is 14.8. The standard InChI is InChI=1S/C20H31NO2/c1-19-11-4-5-12-20(19,22)13-10-18(19)16-6-8-17(9-7-16)23-15-14-21(2)3/h6-9,18,22H,4-5,10-15H2,1-3H3. The van der Waals surface area contributed by atoms with Gasteiger partial charge < -0.3 is 14.7 Å². The van der Waals surface area contributed by atoms with Gasteiger partial charge in [0.2, 0.25) is 0 Å². The molecule has 1 N–H and O–H groups in total. The van der Waals surface area contributed by atoms with Crippen LogP contribution in [0.5, 0.6) is 5.75 Å². The van der Waals surface area contributed by atoms with Crippen LogP contribution in [0, 0.1) is 5.41 Å². The van der Waals surface area contributed by atoms with Crippen molar-refractivity contribution < 1.29 is 9.84 Å². The summed E-state index contributed by atoms with van der Waals surface area (Å²) in [5.41, 5.74) is 0.959. The van der Waals surface area contributed by atoms with Gasteiger partial charge in [0.15, 0.2) is 0 Å². The average Bonchev–Trinajstić information content (AvgIpc) is 2.79. The SMILES string of the molecule is CN(C)CCOc1ccc(C2CCC3(O)CCCCC23C)cc1. The molecule has 1 aromatic rings. The molecular formula is C20H31NO2. The molecule has 3 nitrogen and oxygen atoms in total. The van der Waals surface area contributed by atoms with Crippen molar-refractivity contribution in [3.8, 4) is 5.75 Å². The highest BCUT2D eigenvalue weighted by molar-refractivity contribution is 5.33. The first kappa shape index (κ1) is 16.8. The molecule has 2 fully saturated rings. The summed E-state index contributed by atoms with van der Waals surface area (Å²) in [4.78, 5) is 2.12. The second-order valence-corrected chi connectivity index (χ2v) is 7.97. The maximum Gasteiger partial charge on any atom is 0.119 e. The Kier molecular flexibility index (Phi) is 4.70. The summed E-state index contributed by atoms with van der Waals surface area (Å²) in [6.45, 7) is 3.95. The van der Waals surface area contributed by atoms with Gasteiger partial charge in [-0.25, -0.2) is 0 Å². The van der Waals surface area contributed by atoms with E-state index in [0.717, 1.165) is 38.0 Å². The van der Waals surface area contributed by atoms with Gasteiger partial charge in [-0.1, -0.05) is 31.9 Å². The third-order valence-corrected chi connectivity index (χ3v) is 6.30. The smallest absolute Gasteiger partial charge is 0.119 e. The third kappa shape index (κ3) is 3.14. The number of hydrogen-bond acceptors (Lipinski definition) is 3. The van der Waals surface area contributed by atoms with Crippen LogP contribution in [-0.2, 0) is 0 Å². The Morgan fingerprint density at radius 1 is 1.13 bits per heavy atom. The van der Waals surface area contributed by atoms with Gasteiger partial charge in [0, 0.05) is 12.0 Å². The molecular weight excluding hydrogens is 286 g/mol. The summed E-state index contributed by atoms with van der Waals surface area (Å²) in [6.07, 6.45) is 6.61. The van der Waals surface area contributed by atoms with E-state index < -0.39 is 5.60 Å². The lowest BCUT2D eigenvalue weighted by Gasteiger charge is -2.47. The van der Waals surface area contributed by atoms with Crippen molar-refractivity contribution in [3.63, 3.8) is 0 Å². The second kappa shape index (κ2) is 6.45. The first-order valence-electron chi connectivity index (χ1n) is 9.04. The number of rotatable bonds is 5. The zero-order chi connectivity index (χ0) is 16.5. The first-order valence-corrected chi connectivity index (χ1v) is 9.04. The van der Waals surface area contributed by atoms with Gasteiger partial charge in [-0.15, -0.1) is 0 Å². The summed E-state index contributed by atoms with van der Waals surface area (Å²) >= 11 is 0. The van der Waals surface area contributed by atoms with E-state index in [2.05, 4.69) is 50.2 Å². The van der Waals surface area contributed by atoms with Gasteiger partial charge in [-0.3, -0.25) is 0 Å². The average molecular weight is 317 g/mol. The van der Waals surface area contributed by atoms with Crippen molar-refractivity contribution in [1.82, 2.24) is 4.90 Å². The Morgan fingerprint density at radius 2 is 1.83 bits per heavy atom. The normalized spacial score (nSPS) is 33.7. The van der Waals surface area contributed by atoms with Crippen molar-refractivity contribution in [2.45, 2.75) is 57.0 Å². The molecule has 2 aliphatic rings. The molecule has 3 rings (SSSR count). The highest BCUT2D eigenvalue weighted by atomic mass is 16.5. The number of hydrogen-bond donors (Lipinski definition) is 1. The number of aliphatic hydroxyl groups is 1. The van der Waals surface area contributed by atoms with Crippen LogP contribution in [0.3, 0.4) is 0 Å². The summed E-state index contributed by atoms with van der Waals surface area (Å²) in [6, 6.07) is 8.60. The summed E-state index contributed by atoms with van der Waals surface area (Å²) in [5, 5.41) is 11.1. The van der Waals surface area contributed by atoms with Crippen molar-refractivity contribution in [2.24, 2.45) is 5.41 Å². The third-order valence-electron chi connectivity index (χ3n) is 6.30. The fourth-order valence-electron chi connectivity index (χ4n) is 4.72. The number of benzene rings is 1. The molecule has 0 aliphatic heterocycles. The zero-order valence-electron chi connectivity index (χ0n) is 14.8. The molecule has 2 saturated carbocycles. The molecule has 0 heterocycles. The van der Waals surface area contributed by atoms with Gasteiger partial charge in [-0.2, -0.15) is 0 Å². The lowest BCUT2D eigenvalue weighted by molar-refractivity contribution is -0.0881. The molecule has 0 spiro atoms. The van der Waals surface area contributed by atoms with E-state index in [0.29, 0.717) is 12.5 Å². The van der Waals surface area contributed by atoms with E-state index in [1.165, 1.54) is 18.4 Å². The Balaban J connectivity index is 1.70. The van der Waals surface area contributed by atoms with E-state index >= 15 is 0 Å². The Bertz CT molecular complexity index is 527. The fraction of sp³-hybridized carbons (Fsp3) is 0.700. The van der Waals surface area contributed by atoms with Crippen molar-refractivity contribution >= 4 is 0 Å². The van der Waals surface area contributed by atoms with Crippen LogP contribution >= 0.6 is 0 Å². The van der Waals surface area contributed by atoms with Gasteiger partial charge >= 0.3 is 0 Å². The van der Waals surface area contributed by atoms with Crippen LogP contribution in [0.1, 0.15) is 56.9 Å². The van der Waals surface area contributed by atoms with E-state index in [1.54, 1.807) is 0 Å². The van der Waals surface area contributed by atoms with Crippen LogP contribution in [0.2, 0.25) is 0 Å². The number of likely N-dealkylation sites (N-methyl/N-ethyl adjacent to an activating group) is 1. The van der Waals surface area contributed by atoms with E-state index in [4.69, 9.17) is 4.74 Å². The molecule has 0 radical (unpaired) electrons. The summed E-state index contributed by atoms with van der Waals surface area (Å²) in [5.74, 6) is 1.42. The predicted molar refractivity (Wildman–Crippen MR) is 94.0 cm³/mol. The van der Waals surface area contributed by atoms with E-state index in [-0.39, 0.29) is 5.41 Å². The largest absolute Gasteiger partial charge is 0.492 e. The van der Waals surface area contributed by atoms with E-state index in [9.17, 15) is 5.11 Å². The molecule has 2 aliphatic carbocycles. The van der Waals surface area contributed by atoms with Crippen molar-refractivity contribution in [3.05, 3.63) is 29.8 Å². The van der Waals surface area contributed by atoms with Crippen LogP contribution in [0.25, 0.3) is 0 Å². The lowest BCUT2D eigenvalue weighted by Crippen LogP contribution is -2.46. The molecule has 1 aromatic carbocycles. The van der Waals surface area contributed by atoms with Crippen LogP contribution in [0.4, 0.5) is 0 Å². The molecule has 128 valence electrons. The van der Waals surface area contributed by atoms with Gasteiger partial charge in [0.1, 0.15) is 12.4 Å². The molecule has 0 aromatic heterocycles. The van der Waals surface area contributed by atoms with Gasteiger partial charge in [-0.05, 0) is 63.4 Å². The first-order chi connectivity index (χ1) is 10.9. The minimum Gasteiger partial charge on any atom is -0.492 e. The number of ether oxygens (including phenoxy) is 1. The predicted octanol–water partition coefficient (Wildman–Crippen LogP) is 3.82. The minimum absolute atomic E-state index is 0.0402. The lowest BCUT2D eigenvalue weighted by atomic mass is 9.61. The molecule has 3 unspecified atom stereocenters. The molecule has 0 bridgehead atoms. The van der Waals surface area contributed by atoms with Gasteiger partial charge in [0.25, 0.3) is 0 Å². The van der Waals surface area contributed by atoms with Crippen LogP contribution < -0.4 is 4.74 Å². The topological polar surface area (TPSA) is 32.7 Å². The molecule has 0 saturated heterocycles. The Morgan fingerprint density at radius 3 is 2.52 bits per heavy atom. The van der Waals surface area contributed by atoms with Crippen LogP contribution in [0.15, 0.2) is 24.3 Å². The molecule has 3 heteroatoms. The fourth-order valence-corrected chi connectivity index (χ4v) is 4.72. The Labute approximate surface area is 140 Å². The highest BCUT2D eigenvalue weighted by Crippen LogP contribution is 2.61. The van der Waals surface area contributed by atoms with Gasteiger partial charge in [0.05, 0.1) is 5.60 Å². The van der Waals surface area contributed by atoms with Crippen molar-refractivity contribution in [2.75, 3.05) is 27.2 Å². The summed E-state index contributed by atoms with van der Waals surface area (Å²) in [7, 11) is 4.11. The molecule has 23 heavy (non-hydrogen) atoms. The van der Waals surface area contributed by atoms with E-state index in [1.807, 2.05) is 0 Å². The minimum atomic E-state index is -0.448. The Hall–Kier alpha value is -1.06. The number of fused-ring (bicyclic) bond motifs is 1. The quantitative estimate of drug-likeness (QED) is 0.896. The molecule has 0 amide bonds. The summed E-state index contributed by atoms with van der Waals surface area (Å²) < 4.78 is 5.80. The molecule has 3 atom stereocenters. The van der Waals surface area contributed by atoms with Crippen LogP contribution in [-0.4, -0.2) is 42.9 Å². The maximum atomic E-state index is 11.1. The monoisotopic (exact) mass is 317 g/mol. The highest BCUT2D eigenvalue weighted by Gasteiger charge is 2.57. The maximum absolute atomic E-state index is 11.1.